The number of aromatic nitrogens is 4. The highest BCUT2D eigenvalue weighted by molar-refractivity contribution is 5.76. The van der Waals surface area contributed by atoms with Gasteiger partial charge in [-0.15, -0.1) is 0 Å². The van der Waals surface area contributed by atoms with E-state index in [1.165, 1.54) is 0 Å². The molecule has 2 aliphatic heterocycles. The van der Waals surface area contributed by atoms with Crippen LogP contribution in [0.2, 0.25) is 0 Å². The fourth-order valence-electron chi connectivity index (χ4n) is 4.40. The van der Waals surface area contributed by atoms with E-state index in [-0.39, 0.29) is 17.4 Å². The number of hydrogen-bond acceptors (Lipinski definition) is 4. The van der Waals surface area contributed by atoms with Crippen molar-refractivity contribution in [3.05, 3.63) is 46.2 Å². The molecule has 0 spiro atoms. The first kappa shape index (κ1) is 17.9. The summed E-state index contributed by atoms with van der Waals surface area (Å²) in [4.78, 5) is 35.0. The largest absolute Gasteiger partial charge is 0.342 e. The molecule has 4 heterocycles. The van der Waals surface area contributed by atoms with Gasteiger partial charge in [-0.1, -0.05) is 0 Å². The highest BCUT2D eigenvalue weighted by atomic mass is 16.2. The number of nitrogens with zero attached hydrogens (tertiary/aromatic N) is 5. The van der Waals surface area contributed by atoms with Crippen LogP contribution >= 0.6 is 0 Å². The normalized spacial score (nSPS) is 19.3. The lowest BCUT2D eigenvalue weighted by Crippen LogP contribution is -2.40. The second kappa shape index (κ2) is 7.66. The molecule has 2 aromatic heterocycles. The van der Waals surface area contributed by atoms with E-state index in [0.717, 1.165) is 69.1 Å². The van der Waals surface area contributed by atoms with Crippen molar-refractivity contribution in [3.8, 4) is 0 Å². The molecule has 0 aromatic carbocycles. The lowest BCUT2D eigenvalue weighted by atomic mass is 9.93. The van der Waals surface area contributed by atoms with Gasteiger partial charge in [0.15, 0.2) is 0 Å². The van der Waals surface area contributed by atoms with Crippen molar-refractivity contribution in [2.45, 2.75) is 64.5 Å². The number of aryl methyl sites for hydroxylation is 3. The smallest absolute Gasteiger partial charge is 0.273 e. The third-order valence-corrected chi connectivity index (χ3v) is 5.82. The summed E-state index contributed by atoms with van der Waals surface area (Å²) in [7, 11) is 0. The van der Waals surface area contributed by atoms with Crippen LogP contribution < -0.4 is 5.56 Å². The van der Waals surface area contributed by atoms with E-state index in [9.17, 15) is 9.59 Å². The summed E-state index contributed by atoms with van der Waals surface area (Å²) in [5, 5.41) is 0. The van der Waals surface area contributed by atoms with Gasteiger partial charge in [-0.05, 0) is 32.6 Å². The molecule has 4 rings (SSSR count). The summed E-state index contributed by atoms with van der Waals surface area (Å²) in [5.74, 6) is 2.36. The molecule has 1 saturated heterocycles. The molecule has 0 unspecified atom stereocenters. The number of imidazole rings is 1. The molecule has 0 radical (unpaired) electrons. The highest BCUT2D eigenvalue weighted by Crippen LogP contribution is 2.29. The monoisotopic (exact) mass is 369 g/mol. The third-order valence-electron chi connectivity index (χ3n) is 5.82. The van der Waals surface area contributed by atoms with E-state index in [1.807, 2.05) is 18.0 Å². The molecule has 7 nitrogen and oxygen atoms in total. The molecular weight excluding hydrogens is 342 g/mol. The van der Waals surface area contributed by atoms with E-state index in [2.05, 4.69) is 19.1 Å². The van der Waals surface area contributed by atoms with Crippen LogP contribution in [0.3, 0.4) is 0 Å². The summed E-state index contributed by atoms with van der Waals surface area (Å²) in [5.41, 5.74) is 0.936. The molecule has 0 saturated carbocycles. The predicted molar refractivity (Wildman–Crippen MR) is 102 cm³/mol. The molecule has 27 heavy (non-hydrogen) atoms. The Labute approximate surface area is 159 Å². The van der Waals surface area contributed by atoms with E-state index >= 15 is 0 Å². The van der Waals surface area contributed by atoms with Crippen molar-refractivity contribution in [1.29, 1.82) is 0 Å². The molecule has 2 aromatic rings. The topological polar surface area (TPSA) is 73.0 Å². The Hall–Kier alpha value is -2.44. The lowest BCUT2D eigenvalue weighted by molar-refractivity contribution is -0.132. The van der Waals surface area contributed by atoms with Crippen molar-refractivity contribution in [2.75, 3.05) is 13.1 Å². The number of amides is 1. The van der Waals surface area contributed by atoms with Crippen molar-refractivity contribution in [2.24, 2.45) is 0 Å². The van der Waals surface area contributed by atoms with Crippen LogP contribution in [0.4, 0.5) is 0 Å². The predicted octanol–water partition coefficient (Wildman–Crippen LogP) is 1.88. The van der Waals surface area contributed by atoms with Gasteiger partial charge in [0.05, 0.1) is 0 Å². The fourth-order valence-corrected chi connectivity index (χ4v) is 4.40. The van der Waals surface area contributed by atoms with Crippen molar-refractivity contribution in [3.63, 3.8) is 0 Å². The third kappa shape index (κ3) is 3.82. The number of hydrogen-bond donors (Lipinski definition) is 0. The van der Waals surface area contributed by atoms with Gasteiger partial charge in [-0.3, -0.25) is 9.59 Å². The van der Waals surface area contributed by atoms with Gasteiger partial charge < -0.3 is 14.0 Å². The zero-order valence-electron chi connectivity index (χ0n) is 15.9. The fraction of sp³-hybridized carbons (Fsp3) is 0.600. The van der Waals surface area contributed by atoms with Crippen molar-refractivity contribution in [1.82, 2.24) is 24.0 Å². The van der Waals surface area contributed by atoms with E-state index in [4.69, 9.17) is 0 Å². The van der Waals surface area contributed by atoms with Gasteiger partial charge >= 0.3 is 0 Å². The molecule has 0 N–H and O–H groups in total. The number of rotatable bonds is 5. The summed E-state index contributed by atoms with van der Waals surface area (Å²) >= 11 is 0. The van der Waals surface area contributed by atoms with Gasteiger partial charge in [-0.25, -0.2) is 4.98 Å². The Morgan fingerprint density at radius 1 is 1.30 bits per heavy atom. The van der Waals surface area contributed by atoms with Crippen LogP contribution in [0.5, 0.6) is 0 Å². The first-order chi connectivity index (χ1) is 13.1. The minimum Gasteiger partial charge on any atom is -0.342 e. The number of carbonyl (C=O) groups excluding carboxylic acids is 1. The average Bonchev–Trinajstić information content (AvgIpc) is 3.30. The molecule has 1 amide bonds. The molecule has 0 bridgehead atoms. The number of fused-ring (bicyclic) bond motifs is 1. The molecule has 2 aliphatic rings. The lowest BCUT2D eigenvalue weighted by Gasteiger charge is -2.34. The van der Waals surface area contributed by atoms with Crippen LogP contribution in [-0.4, -0.2) is 43.0 Å². The van der Waals surface area contributed by atoms with Crippen molar-refractivity contribution < 1.29 is 4.79 Å². The quantitative estimate of drug-likeness (QED) is 0.807. The Morgan fingerprint density at radius 3 is 3.00 bits per heavy atom. The Balaban J connectivity index is 1.39. The maximum absolute atomic E-state index is 12.7. The molecule has 144 valence electrons. The van der Waals surface area contributed by atoms with E-state index in [1.54, 1.807) is 12.3 Å². The highest BCUT2D eigenvalue weighted by Gasteiger charge is 2.28. The van der Waals surface area contributed by atoms with Crippen LogP contribution in [0.25, 0.3) is 0 Å². The van der Waals surface area contributed by atoms with Gasteiger partial charge in [-0.2, -0.15) is 4.98 Å². The summed E-state index contributed by atoms with van der Waals surface area (Å²) in [6.07, 6.45) is 9.07. The molecule has 7 heteroatoms. The van der Waals surface area contributed by atoms with Crippen molar-refractivity contribution >= 4 is 5.91 Å². The number of likely N-dealkylation sites (tertiary alicyclic amines) is 1. The zero-order valence-corrected chi connectivity index (χ0v) is 15.9. The molecule has 1 atom stereocenters. The molecule has 0 aliphatic carbocycles. The van der Waals surface area contributed by atoms with Crippen LogP contribution in [0, 0.1) is 6.92 Å². The SMILES string of the molecule is Cc1nccn1CCCC(=O)N1CCC[C@H](c2cc(=O)nc3n2CCC3)C1. The molecule has 1 fully saturated rings. The number of piperidine rings is 1. The second-order valence-electron chi connectivity index (χ2n) is 7.64. The van der Waals surface area contributed by atoms with E-state index in [0.29, 0.717) is 13.0 Å². The maximum Gasteiger partial charge on any atom is 0.273 e. The summed E-state index contributed by atoms with van der Waals surface area (Å²) in [6, 6.07) is 1.69. The maximum atomic E-state index is 12.7. The Bertz CT molecular complexity index is 885. The van der Waals surface area contributed by atoms with Gasteiger partial charge in [0.25, 0.3) is 5.56 Å². The first-order valence-electron chi connectivity index (χ1n) is 9.98. The van der Waals surface area contributed by atoms with Crippen LogP contribution in [-0.2, 0) is 24.3 Å². The minimum atomic E-state index is -0.141. The van der Waals surface area contributed by atoms with Gasteiger partial charge in [0.1, 0.15) is 11.6 Å². The zero-order chi connectivity index (χ0) is 18.8. The van der Waals surface area contributed by atoms with Gasteiger partial charge in [0, 0.05) is 69.1 Å². The van der Waals surface area contributed by atoms with E-state index < -0.39 is 0 Å². The standard InChI is InChI=1S/C20H27N5O2/c1-15-21-8-12-23(15)9-4-7-20(27)24-10-2-5-16(14-24)17-13-19(26)22-18-6-3-11-25(17)18/h8,12-13,16H,2-7,9-11,14H2,1H3/t16-/m0/s1. The first-order valence-corrected chi connectivity index (χ1v) is 9.98. The number of carbonyl (C=O) groups is 1. The summed E-state index contributed by atoms with van der Waals surface area (Å²) in [6.45, 7) is 5.27. The molecular formula is C20H27N5O2. The van der Waals surface area contributed by atoms with Crippen LogP contribution in [0.1, 0.15) is 55.4 Å². The minimum absolute atomic E-state index is 0.141. The van der Waals surface area contributed by atoms with Gasteiger partial charge in [0.2, 0.25) is 5.91 Å². The Kier molecular flexibility index (Phi) is 5.09. The summed E-state index contributed by atoms with van der Waals surface area (Å²) < 4.78 is 4.29. The second-order valence-corrected chi connectivity index (χ2v) is 7.64. The average molecular weight is 369 g/mol. The Morgan fingerprint density at radius 2 is 2.19 bits per heavy atom. The van der Waals surface area contributed by atoms with Crippen LogP contribution in [0.15, 0.2) is 23.3 Å².